The van der Waals surface area contributed by atoms with Crippen LogP contribution in [0, 0.1) is 0 Å². The van der Waals surface area contributed by atoms with Gasteiger partial charge < -0.3 is 15.8 Å². The van der Waals surface area contributed by atoms with Gasteiger partial charge in [0.1, 0.15) is 5.75 Å². The summed E-state index contributed by atoms with van der Waals surface area (Å²) in [6.07, 6.45) is 0.743. The Balaban J connectivity index is 1.57. The summed E-state index contributed by atoms with van der Waals surface area (Å²) in [5, 5.41) is 3.25. The number of carbonyl (C=O) groups is 2. The predicted octanol–water partition coefficient (Wildman–Crippen LogP) is 4.16. The van der Waals surface area contributed by atoms with Gasteiger partial charge in [-0.3, -0.25) is 9.59 Å². The van der Waals surface area contributed by atoms with E-state index < -0.39 is 5.91 Å². The van der Waals surface area contributed by atoms with E-state index in [2.05, 4.69) is 29.6 Å². The molecule has 0 saturated heterocycles. The van der Waals surface area contributed by atoms with Gasteiger partial charge in [-0.25, -0.2) is 0 Å². The fraction of sp³-hybridized carbons (Fsp3) is 0.167. The molecule has 0 aliphatic heterocycles. The van der Waals surface area contributed by atoms with E-state index >= 15 is 0 Å². The van der Waals surface area contributed by atoms with Crippen LogP contribution in [0.25, 0.3) is 0 Å². The summed E-state index contributed by atoms with van der Waals surface area (Å²) >= 11 is 5.88. The van der Waals surface area contributed by atoms with E-state index in [1.807, 2.05) is 36.4 Å². The highest BCUT2D eigenvalue weighted by Gasteiger charge is 2.15. The maximum atomic E-state index is 12.2. The van der Waals surface area contributed by atoms with Crippen LogP contribution >= 0.6 is 11.6 Å². The molecule has 5 nitrogen and oxygen atoms in total. The zero-order valence-corrected chi connectivity index (χ0v) is 17.1. The first kappa shape index (κ1) is 21.4. The Hall–Kier alpha value is -3.31. The van der Waals surface area contributed by atoms with Crippen LogP contribution in [0.4, 0.5) is 0 Å². The molecule has 0 aromatic heterocycles. The van der Waals surface area contributed by atoms with Gasteiger partial charge in [-0.05, 0) is 35.7 Å². The lowest BCUT2D eigenvalue weighted by atomic mass is 9.88. The quantitative estimate of drug-likeness (QED) is 0.543. The van der Waals surface area contributed by atoms with Gasteiger partial charge >= 0.3 is 0 Å². The summed E-state index contributed by atoms with van der Waals surface area (Å²) in [7, 11) is 0. The molecule has 0 spiro atoms. The van der Waals surface area contributed by atoms with E-state index in [0.717, 1.165) is 6.42 Å². The van der Waals surface area contributed by atoms with Gasteiger partial charge in [-0.15, -0.1) is 0 Å². The van der Waals surface area contributed by atoms with Crippen molar-refractivity contribution < 1.29 is 14.3 Å². The molecule has 3 aromatic carbocycles. The second-order valence-electron chi connectivity index (χ2n) is 6.81. The molecule has 0 aliphatic rings. The van der Waals surface area contributed by atoms with E-state index in [9.17, 15) is 9.59 Å². The van der Waals surface area contributed by atoms with E-state index in [1.165, 1.54) is 23.3 Å². The van der Waals surface area contributed by atoms with Gasteiger partial charge in [-0.1, -0.05) is 72.3 Å². The highest BCUT2D eigenvalue weighted by molar-refractivity contribution is 6.31. The Morgan fingerprint density at radius 2 is 1.53 bits per heavy atom. The van der Waals surface area contributed by atoms with Crippen LogP contribution in [-0.2, 0) is 4.79 Å². The molecular weight excluding hydrogens is 400 g/mol. The average Bonchev–Trinajstić information content (AvgIpc) is 2.77. The molecule has 0 aliphatic carbocycles. The van der Waals surface area contributed by atoms with Crippen LogP contribution < -0.4 is 15.8 Å². The maximum absolute atomic E-state index is 12.2. The summed E-state index contributed by atoms with van der Waals surface area (Å²) in [5.74, 6) is -0.540. The van der Waals surface area contributed by atoms with Crippen molar-refractivity contribution in [2.75, 3.05) is 13.2 Å². The topological polar surface area (TPSA) is 81.4 Å². The van der Waals surface area contributed by atoms with Gasteiger partial charge in [0.2, 0.25) is 0 Å². The molecule has 6 heteroatoms. The first-order chi connectivity index (χ1) is 14.5. The summed E-state index contributed by atoms with van der Waals surface area (Å²) < 4.78 is 5.47. The third-order valence-corrected chi connectivity index (χ3v) is 4.96. The van der Waals surface area contributed by atoms with Crippen molar-refractivity contribution in [2.45, 2.75) is 12.3 Å². The monoisotopic (exact) mass is 422 g/mol. The summed E-state index contributed by atoms with van der Waals surface area (Å²) in [5.41, 5.74) is 7.87. The molecule has 0 unspecified atom stereocenters. The van der Waals surface area contributed by atoms with E-state index in [-0.39, 0.29) is 29.7 Å². The van der Waals surface area contributed by atoms with Crippen LogP contribution in [0.15, 0.2) is 78.9 Å². The maximum Gasteiger partial charge on any atom is 0.257 e. The number of halogens is 1. The lowest BCUT2D eigenvalue weighted by molar-refractivity contribution is -0.123. The van der Waals surface area contributed by atoms with E-state index in [0.29, 0.717) is 11.6 Å². The van der Waals surface area contributed by atoms with Gasteiger partial charge in [-0.2, -0.15) is 0 Å². The molecule has 3 aromatic rings. The second-order valence-corrected chi connectivity index (χ2v) is 7.24. The van der Waals surface area contributed by atoms with Gasteiger partial charge in [0, 0.05) is 17.5 Å². The molecule has 0 fully saturated rings. The van der Waals surface area contributed by atoms with Gasteiger partial charge in [0.15, 0.2) is 6.61 Å². The second kappa shape index (κ2) is 10.5. The molecule has 154 valence electrons. The Labute approximate surface area is 180 Å². The molecule has 2 amide bonds. The number of nitrogens with two attached hydrogens (primary N) is 1. The molecule has 0 saturated carbocycles. The standard InChI is InChI=1S/C24H23ClN2O3/c25-19-11-12-22(21(15-19)24(26)29)30-16-23(28)27-14-13-20(17-7-3-1-4-8-17)18-9-5-2-6-10-18/h1-12,15,20H,13-14,16H2,(H2,26,29)(H,27,28). The summed E-state index contributed by atoms with van der Waals surface area (Å²) in [6.45, 7) is 0.267. The molecule has 0 bridgehead atoms. The number of rotatable bonds is 9. The number of benzene rings is 3. The van der Waals surface area contributed by atoms with Crippen molar-refractivity contribution in [1.82, 2.24) is 5.32 Å². The molecule has 3 N–H and O–H groups in total. The lowest BCUT2D eigenvalue weighted by Gasteiger charge is -2.18. The number of hydrogen-bond donors (Lipinski definition) is 2. The van der Waals surface area contributed by atoms with Crippen molar-refractivity contribution in [3.8, 4) is 5.75 Å². The number of ether oxygens (including phenoxy) is 1. The first-order valence-electron chi connectivity index (χ1n) is 9.63. The van der Waals surface area contributed by atoms with E-state index in [4.69, 9.17) is 22.1 Å². The average molecular weight is 423 g/mol. The smallest absolute Gasteiger partial charge is 0.257 e. The fourth-order valence-corrected chi connectivity index (χ4v) is 3.44. The summed E-state index contributed by atoms with van der Waals surface area (Å²) in [4.78, 5) is 23.8. The van der Waals surface area contributed by atoms with Crippen LogP contribution in [0.2, 0.25) is 5.02 Å². The fourth-order valence-electron chi connectivity index (χ4n) is 3.27. The van der Waals surface area contributed by atoms with Crippen molar-refractivity contribution >= 4 is 23.4 Å². The highest BCUT2D eigenvalue weighted by atomic mass is 35.5. The number of primary amides is 1. The van der Waals surface area contributed by atoms with Crippen molar-refractivity contribution in [3.05, 3.63) is 101 Å². The number of carbonyl (C=O) groups excluding carboxylic acids is 2. The Morgan fingerprint density at radius 3 is 2.10 bits per heavy atom. The number of amides is 2. The zero-order valence-electron chi connectivity index (χ0n) is 16.4. The summed E-state index contributed by atoms with van der Waals surface area (Å²) in [6, 6.07) is 24.9. The minimum atomic E-state index is -0.665. The lowest BCUT2D eigenvalue weighted by Crippen LogP contribution is -2.31. The number of hydrogen-bond acceptors (Lipinski definition) is 3. The predicted molar refractivity (Wildman–Crippen MR) is 118 cm³/mol. The van der Waals surface area contributed by atoms with E-state index in [1.54, 1.807) is 6.07 Å². The van der Waals surface area contributed by atoms with Crippen molar-refractivity contribution in [2.24, 2.45) is 5.73 Å². The minimum absolute atomic E-state index is 0.142. The molecule has 30 heavy (non-hydrogen) atoms. The van der Waals surface area contributed by atoms with Crippen LogP contribution in [-0.4, -0.2) is 25.0 Å². The molecular formula is C24H23ClN2O3. The third-order valence-electron chi connectivity index (χ3n) is 4.72. The van der Waals surface area contributed by atoms with Crippen molar-refractivity contribution in [3.63, 3.8) is 0 Å². The molecule has 0 heterocycles. The zero-order chi connectivity index (χ0) is 21.3. The Kier molecular flexibility index (Phi) is 7.46. The normalized spacial score (nSPS) is 10.6. The van der Waals surface area contributed by atoms with Gasteiger partial charge in [0.25, 0.3) is 11.8 Å². The largest absolute Gasteiger partial charge is 0.483 e. The first-order valence-corrected chi connectivity index (χ1v) is 10.0. The van der Waals surface area contributed by atoms with Crippen molar-refractivity contribution in [1.29, 1.82) is 0 Å². The number of nitrogens with one attached hydrogen (secondary N) is 1. The SMILES string of the molecule is NC(=O)c1cc(Cl)ccc1OCC(=O)NCCC(c1ccccc1)c1ccccc1. The van der Waals surface area contributed by atoms with Crippen LogP contribution in [0.3, 0.4) is 0 Å². The highest BCUT2D eigenvalue weighted by Crippen LogP contribution is 2.27. The van der Waals surface area contributed by atoms with Gasteiger partial charge in [0.05, 0.1) is 5.56 Å². The third kappa shape index (κ3) is 5.84. The van der Waals surface area contributed by atoms with Crippen LogP contribution in [0.5, 0.6) is 5.75 Å². The Morgan fingerprint density at radius 1 is 0.933 bits per heavy atom. The molecule has 0 atom stereocenters. The molecule has 0 radical (unpaired) electrons. The molecule has 3 rings (SSSR count). The van der Waals surface area contributed by atoms with Crippen LogP contribution in [0.1, 0.15) is 33.8 Å². The minimum Gasteiger partial charge on any atom is -0.483 e. The Bertz CT molecular complexity index is 954.